The Morgan fingerprint density at radius 2 is 2.35 bits per heavy atom. The van der Waals surface area contributed by atoms with Crippen molar-refractivity contribution in [1.29, 1.82) is 0 Å². The summed E-state index contributed by atoms with van der Waals surface area (Å²) in [6, 6.07) is 1.92. The molecule has 0 aromatic carbocycles. The number of aryl methyl sites for hydroxylation is 1. The lowest BCUT2D eigenvalue weighted by atomic mass is 10.1. The molecular weight excluding hydrogens is 282 g/mol. The summed E-state index contributed by atoms with van der Waals surface area (Å²) in [4.78, 5) is 15.8. The largest absolute Gasteiger partial charge is 0.330 e. The predicted molar refractivity (Wildman–Crippen MR) is 72.8 cm³/mol. The number of halogens is 1. The Labute approximate surface area is 110 Å². The molecule has 3 N–H and O–H groups in total. The van der Waals surface area contributed by atoms with Crippen LogP contribution in [-0.4, -0.2) is 17.4 Å². The molecule has 1 aromatic rings. The van der Waals surface area contributed by atoms with Crippen molar-refractivity contribution in [2.45, 2.75) is 26.7 Å². The van der Waals surface area contributed by atoms with Gasteiger partial charge < -0.3 is 11.1 Å². The van der Waals surface area contributed by atoms with Crippen LogP contribution in [-0.2, 0) is 4.79 Å². The molecule has 0 aliphatic carbocycles. The Kier molecular flexibility index (Phi) is 5.58. The average Bonchev–Trinajstić information content (AvgIpc) is 2.29. The molecule has 4 nitrogen and oxygen atoms in total. The molecule has 1 amide bonds. The van der Waals surface area contributed by atoms with Gasteiger partial charge in [0.15, 0.2) is 0 Å². The molecule has 1 heterocycles. The zero-order chi connectivity index (χ0) is 12.8. The van der Waals surface area contributed by atoms with E-state index in [1.807, 2.05) is 19.9 Å². The number of hydrogen-bond acceptors (Lipinski definition) is 3. The summed E-state index contributed by atoms with van der Waals surface area (Å²) in [5.41, 5.74) is 6.45. The van der Waals surface area contributed by atoms with Gasteiger partial charge in [-0.05, 0) is 53.4 Å². The minimum absolute atomic E-state index is 0.0109. The van der Waals surface area contributed by atoms with Gasteiger partial charge in [0.2, 0.25) is 5.91 Å². The summed E-state index contributed by atoms with van der Waals surface area (Å²) in [7, 11) is 0. The number of nitrogens with one attached hydrogen (secondary N) is 1. The molecule has 0 radical (unpaired) electrons. The molecule has 0 saturated carbocycles. The molecule has 1 unspecified atom stereocenters. The normalized spacial score (nSPS) is 12.2. The predicted octanol–water partition coefficient (Wildman–Crippen LogP) is 2.47. The fraction of sp³-hybridized carbons (Fsp3) is 0.500. The highest BCUT2D eigenvalue weighted by Gasteiger charge is 2.08. The lowest BCUT2D eigenvalue weighted by Crippen LogP contribution is -2.17. The van der Waals surface area contributed by atoms with E-state index in [0.717, 1.165) is 16.5 Å². The van der Waals surface area contributed by atoms with Gasteiger partial charge in [-0.2, -0.15) is 0 Å². The van der Waals surface area contributed by atoms with Gasteiger partial charge in [-0.3, -0.25) is 4.79 Å². The minimum atomic E-state index is -0.0109. The number of amides is 1. The zero-order valence-electron chi connectivity index (χ0n) is 10.2. The summed E-state index contributed by atoms with van der Waals surface area (Å²) in [5, 5.41) is 2.81. The second-order valence-corrected chi connectivity index (χ2v) is 5.16. The molecule has 0 fully saturated rings. The number of pyridine rings is 1. The fourth-order valence-corrected chi connectivity index (χ4v) is 1.81. The number of aromatic nitrogens is 1. The molecule has 94 valence electrons. The maximum absolute atomic E-state index is 11.7. The van der Waals surface area contributed by atoms with Crippen LogP contribution in [0.3, 0.4) is 0 Å². The standard InChI is InChI=1S/C12H18BrN3O/c1-8(6-14)3-4-11(17)16-12-9(2)5-10(13)7-15-12/h5,7-8H,3-4,6,14H2,1-2H3,(H,15,16,17). The summed E-state index contributed by atoms with van der Waals surface area (Å²) >= 11 is 3.33. The molecule has 5 heteroatoms. The van der Waals surface area contributed by atoms with Crippen molar-refractivity contribution in [3.05, 3.63) is 22.3 Å². The third-order valence-corrected chi connectivity index (χ3v) is 3.00. The second kappa shape index (κ2) is 6.71. The lowest BCUT2D eigenvalue weighted by Gasteiger charge is -2.09. The van der Waals surface area contributed by atoms with Crippen LogP contribution in [0.15, 0.2) is 16.7 Å². The quantitative estimate of drug-likeness (QED) is 0.877. The van der Waals surface area contributed by atoms with Gasteiger partial charge in [-0.25, -0.2) is 4.98 Å². The van der Waals surface area contributed by atoms with Crippen LogP contribution in [0.1, 0.15) is 25.3 Å². The Hall–Kier alpha value is -0.940. The summed E-state index contributed by atoms with van der Waals surface area (Å²) in [6.45, 7) is 4.56. The number of carbonyl (C=O) groups is 1. The first-order valence-corrected chi connectivity index (χ1v) is 6.44. The number of hydrogen-bond donors (Lipinski definition) is 2. The van der Waals surface area contributed by atoms with E-state index in [1.54, 1.807) is 6.20 Å². The van der Waals surface area contributed by atoms with E-state index in [0.29, 0.717) is 24.7 Å². The monoisotopic (exact) mass is 299 g/mol. The first-order chi connectivity index (χ1) is 8.02. The Morgan fingerprint density at radius 3 is 2.94 bits per heavy atom. The van der Waals surface area contributed by atoms with Gasteiger partial charge >= 0.3 is 0 Å². The summed E-state index contributed by atoms with van der Waals surface area (Å²) < 4.78 is 0.907. The van der Waals surface area contributed by atoms with Gasteiger partial charge in [0.25, 0.3) is 0 Å². The number of carbonyl (C=O) groups excluding carboxylic acids is 1. The maximum Gasteiger partial charge on any atom is 0.225 e. The maximum atomic E-state index is 11.7. The summed E-state index contributed by atoms with van der Waals surface area (Å²) in [6.07, 6.45) is 2.96. The highest BCUT2D eigenvalue weighted by molar-refractivity contribution is 9.10. The van der Waals surface area contributed by atoms with Crippen molar-refractivity contribution in [2.75, 3.05) is 11.9 Å². The summed E-state index contributed by atoms with van der Waals surface area (Å²) in [5.74, 6) is 0.988. The number of anilines is 1. The van der Waals surface area contributed by atoms with E-state index in [-0.39, 0.29) is 5.91 Å². The Balaban J connectivity index is 2.50. The van der Waals surface area contributed by atoms with E-state index in [9.17, 15) is 4.79 Å². The van der Waals surface area contributed by atoms with Gasteiger partial charge in [-0.15, -0.1) is 0 Å². The molecule has 17 heavy (non-hydrogen) atoms. The van der Waals surface area contributed by atoms with Crippen molar-refractivity contribution in [1.82, 2.24) is 4.98 Å². The first-order valence-electron chi connectivity index (χ1n) is 5.65. The third-order valence-electron chi connectivity index (χ3n) is 2.57. The van der Waals surface area contributed by atoms with Gasteiger partial charge in [0.05, 0.1) is 0 Å². The van der Waals surface area contributed by atoms with E-state index in [1.165, 1.54) is 0 Å². The van der Waals surface area contributed by atoms with Crippen molar-refractivity contribution < 1.29 is 4.79 Å². The molecule has 1 rings (SSSR count). The highest BCUT2D eigenvalue weighted by atomic mass is 79.9. The Morgan fingerprint density at radius 1 is 1.65 bits per heavy atom. The van der Waals surface area contributed by atoms with Crippen LogP contribution in [0, 0.1) is 12.8 Å². The lowest BCUT2D eigenvalue weighted by molar-refractivity contribution is -0.116. The van der Waals surface area contributed by atoms with Crippen LogP contribution in [0.5, 0.6) is 0 Å². The first kappa shape index (κ1) is 14.1. The van der Waals surface area contributed by atoms with Crippen molar-refractivity contribution in [3.63, 3.8) is 0 Å². The smallest absolute Gasteiger partial charge is 0.225 e. The molecule has 1 atom stereocenters. The SMILES string of the molecule is Cc1cc(Br)cnc1NC(=O)CCC(C)CN. The highest BCUT2D eigenvalue weighted by Crippen LogP contribution is 2.17. The molecule has 0 saturated heterocycles. The number of nitrogens with two attached hydrogens (primary N) is 1. The van der Waals surface area contributed by atoms with Crippen LogP contribution in [0.4, 0.5) is 5.82 Å². The Bertz CT molecular complexity index is 395. The van der Waals surface area contributed by atoms with E-state index in [2.05, 4.69) is 26.2 Å². The average molecular weight is 300 g/mol. The zero-order valence-corrected chi connectivity index (χ0v) is 11.8. The van der Waals surface area contributed by atoms with Crippen molar-refractivity contribution in [3.8, 4) is 0 Å². The number of rotatable bonds is 5. The van der Waals surface area contributed by atoms with Gasteiger partial charge in [0, 0.05) is 17.1 Å². The molecule has 0 spiro atoms. The fourth-order valence-electron chi connectivity index (χ4n) is 1.36. The van der Waals surface area contributed by atoms with Gasteiger partial charge in [0.1, 0.15) is 5.82 Å². The topological polar surface area (TPSA) is 68.0 Å². The van der Waals surface area contributed by atoms with E-state index >= 15 is 0 Å². The minimum Gasteiger partial charge on any atom is -0.330 e. The molecule has 0 bridgehead atoms. The van der Waals surface area contributed by atoms with Crippen LogP contribution < -0.4 is 11.1 Å². The molecule has 0 aliphatic heterocycles. The van der Waals surface area contributed by atoms with E-state index in [4.69, 9.17) is 5.73 Å². The second-order valence-electron chi connectivity index (χ2n) is 4.25. The van der Waals surface area contributed by atoms with E-state index < -0.39 is 0 Å². The third kappa shape index (κ3) is 4.83. The number of nitrogens with zero attached hydrogens (tertiary/aromatic N) is 1. The van der Waals surface area contributed by atoms with Crippen molar-refractivity contribution >= 4 is 27.7 Å². The van der Waals surface area contributed by atoms with Crippen LogP contribution >= 0.6 is 15.9 Å². The molecule has 1 aromatic heterocycles. The van der Waals surface area contributed by atoms with Crippen LogP contribution in [0.2, 0.25) is 0 Å². The van der Waals surface area contributed by atoms with Crippen molar-refractivity contribution in [2.24, 2.45) is 11.7 Å². The van der Waals surface area contributed by atoms with Crippen LogP contribution in [0.25, 0.3) is 0 Å². The molecular formula is C12H18BrN3O. The molecule has 0 aliphatic rings. The van der Waals surface area contributed by atoms with Gasteiger partial charge in [-0.1, -0.05) is 6.92 Å².